The van der Waals surface area contributed by atoms with Gasteiger partial charge in [0, 0.05) is 26.6 Å². The summed E-state index contributed by atoms with van der Waals surface area (Å²) >= 11 is 1.42. The second-order valence-corrected chi connectivity index (χ2v) is 8.48. The lowest BCUT2D eigenvalue weighted by molar-refractivity contribution is -0.120. The van der Waals surface area contributed by atoms with Crippen molar-refractivity contribution in [2.24, 2.45) is 0 Å². The molecule has 0 saturated carbocycles. The molecule has 3 aromatic rings. The maximum absolute atomic E-state index is 12.6. The summed E-state index contributed by atoms with van der Waals surface area (Å²) in [5.74, 6) is 0.847. The van der Waals surface area contributed by atoms with Gasteiger partial charge in [-0.15, -0.1) is 10.2 Å². The van der Waals surface area contributed by atoms with Crippen molar-refractivity contribution < 1.29 is 9.53 Å². The fourth-order valence-electron chi connectivity index (χ4n) is 2.97. The molecule has 0 unspecified atom stereocenters. The third kappa shape index (κ3) is 6.18. The zero-order valence-electron chi connectivity index (χ0n) is 17.7. The molecule has 0 radical (unpaired) electrons. The number of amides is 1. The number of carbonyl (C=O) groups is 1. The average Bonchev–Trinajstić information content (AvgIpc) is 3.13. The van der Waals surface area contributed by atoms with E-state index in [-0.39, 0.29) is 11.2 Å². The predicted octanol–water partition coefficient (Wildman–Crippen LogP) is 3.62. The van der Waals surface area contributed by atoms with Crippen molar-refractivity contribution in [3.63, 3.8) is 0 Å². The summed E-state index contributed by atoms with van der Waals surface area (Å²) in [6, 6.07) is 18.3. The van der Waals surface area contributed by atoms with Gasteiger partial charge in [-0.05, 0) is 25.0 Å². The van der Waals surface area contributed by atoms with E-state index in [0.717, 1.165) is 16.5 Å². The van der Waals surface area contributed by atoms with Gasteiger partial charge in [-0.3, -0.25) is 4.79 Å². The van der Waals surface area contributed by atoms with E-state index >= 15 is 0 Å². The van der Waals surface area contributed by atoms with Gasteiger partial charge in [0.15, 0.2) is 5.16 Å². The summed E-state index contributed by atoms with van der Waals surface area (Å²) in [4.78, 5) is 12.6. The largest absolute Gasteiger partial charge is 0.383 e. The fourth-order valence-corrected chi connectivity index (χ4v) is 3.89. The van der Waals surface area contributed by atoms with Crippen LogP contribution in [0, 0.1) is 6.92 Å². The van der Waals surface area contributed by atoms with E-state index in [0.29, 0.717) is 26.1 Å². The van der Waals surface area contributed by atoms with Gasteiger partial charge in [-0.2, -0.15) is 0 Å². The van der Waals surface area contributed by atoms with E-state index in [1.54, 1.807) is 7.11 Å². The molecule has 1 atom stereocenters. The van der Waals surface area contributed by atoms with Gasteiger partial charge < -0.3 is 14.6 Å². The molecule has 1 aromatic heterocycles. The molecule has 0 aliphatic rings. The number of benzene rings is 2. The van der Waals surface area contributed by atoms with Crippen molar-refractivity contribution in [2.45, 2.75) is 43.8 Å². The maximum Gasteiger partial charge on any atom is 0.233 e. The van der Waals surface area contributed by atoms with Gasteiger partial charge in [0.2, 0.25) is 5.91 Å². The second kappa shape index (κ2) is 10.9. The molecule has 0 spiro atoms. The Kier molecular flexibility index (Phi) is 8.04. The number of hydrogen-bond donors (Lipinski definition) is 1. The zero-order chi connectivity index (χ0) is 21.3. The molecule has 6 nitrogen and oxygen atoms in total. The summed E-state index contributed by atoms with van der Waals surface area (Å²) in [5, 5.41) is 12.2. The quantitative estimate of drug-likeness (QED) is 0.504. The Hall–Kier alpha value is -2.64. The van der Waals surface area contributed by atoms with Crippen molar-refractivity contribution in [3.05, 3.63) is 77.1 Å². The van der Waals surface area contributed by atoms with Crippen molar-refractivity contribution in [3.8, 4) is 0 Å². The summed E-state index contributed by atoms with van der Waals surface area (Å²) < 4.78 is 7.31. The molecule has 0 saturated heterocycles. The molecule has 158 valence electrons. The third-order valence-corrected chi connectivity index (χ3v) is 5.84. The first-order valence-electron chi connectivity index (χ1n) is 10.0. The highest BCUT2D eigenvalue weighted by molar-refractivity contribution is 8.00. The Morgan fingerprint density at radius 2 is 1.83 bits per heavy atom. The number of thioether (sulfide) groups is 1. The van der Waals surface area contributed by atoms with E-state index in [9.17, 15) is 4.79 Å². The first-order chi connectivity index (χ1) is 14.6. The van der Waals surface area contributed by atoms with Crippen LogP contribution in [-0.4, -0.2) is 39.6 Å². The van der Waals surface area contributed by atoms with Crippen molar-refractivity contribution in [1.29, 1.82) is 0 Å². The highest BCUT2D eigenvalue weighted by atomic mass is 32.2. The van der Waals surface area contributed by atoms with Crippen LogP contribution in [0.3, 0.4) is 0 Å². The molecule has 0 aliphatic heterocycles. The number of nitrogens with one attached hydrogen (secondary N) is 1. The van der Waals surface area contributed by atoms with Gasteiger partial charge in [0.1, 0.15) is 5.82 Å². The minimum atomic E-state index is -0.287. The smallest absolute Gasteiger partial charge is 0.233 e. The monoisotopic (exact) mass is 424 g/mol. The highest BCUT2D eigenvalue weighted by Gasteiger charge is 2.20. The minimum absolute atomic E-state index is 0.0218. The summed E-state index contributed by atoms with van der Waals surface area (Å²) in [5.41, 5.74) is 3.46. The Balaban J connectivity index is 1.64. The highest BCUT2D eigenvalue weighted by Crippen LogP contribution is 2.23. The zero-order valence-corrected chi connectivity index (χ0v) is 18.5. The molecule has 1 N–H and O–H groups in total. The number of rotatable bonds is 10. The lowest BCUT2D eigenvalue weighted by Crippen LogP contribution is -2.30. The number of ether oxygens (including phenoxy) is 1. The van der Waals surface area contributed by atoms with E-state index in [1.807, 2.05) is 60.9 Å². The second-order valence-electron chi connectivity index (χ2n) is 7.17. The van der Waals surface area contributed by atoms with Gasteiger partial charge in [0.05, 0.1) is 11.9 Å². The summed E-state index contributed by atoms with van der Waals surface area (Å²) in [6.45, 7) is 5.65. The van der Waals surface area contributed by atoms with Crippen molar-refractivity contribution in [1.82, 2.24) is 20.1 Å². The van der Waals surface area contributed by atoms with Gasteiger partial charge in [-0.25, -0.2) is 0 Å². The van der Waals surface area contributed by atoms with Crippen molar-refractivity contribution >= 4 is 17.7 Å². The predicted molar refractivity (Wildman–Crippen MR) is 119 cm³/mol. The molecule has 3 rings (SSSR count). The van der Waals surface area contributed by atoms with Gasteiger partial charge >= 0.3 is 0 Å². The van der Waals surface area contributed by atoms with Crippen LogP contribution in [0.4, 0.5) is 0 Å². The Morgan fingerprint density at radius 3 is 2.53 bits per heavy atom. The first kappa shape index (κ1) is 22.1. The normalized spacial score (nSPS) is 12.0. The van der Waals surface area contributed by atoms with E-state index in [4.69, 9.17) is 4.74 Å². The van der Waals surface area contributed by atoms with Gasteiger partial charge in [0.25, 0.3) is 0 Å². The molecule has 0 fully saturated rings. The Labute approximate surface area is 182 Å². The van der Waals surface area contributed by atoms with E-state index in [2.05, 4.69) is 27.6 Å². The lowest BCUT2D eigenvalue weighted by Gasteiger charge is -2.14. The molecule has 0 bridgehead atoms. The SMILES string of the molecule is COCCn1c(Cc2ccccc2)nnc1S[C@H](C)C(=O)NCc1ccc(C)cc1. The van der Waals surface area contributed by atoms with Gasteiger partial charge in [-0.1, -0.05) is 71.9 Å². The number of nitrogens with zero attached hydrogens (tertiary/aromatic N) is 3. The fraction of sp³-hybridized carbons (Fsp3) is 0.348. The summed E-state index contributed by atoms with van der Waals surface area (Å²) in [6.07, 6.45) is 0.687. The first-order valence-corrected chi connectivity index (χ1v) is 10.9. The number of methoxy groups -OCH3 is 1. The third-order valence-electron chi connectivity index (χ3n) is 4.76. The van der Waals surface area contributed by atoms with Crippen LogP contribution in [-0.2, 0) is 29.0 Å². The Bertz CT molecular complexity index is 942. The number of carbonyl (C=O) groups excluding carboxylic acids is 1. The number of hydrogen-bond acceptors (Lipinski definition) is 5. The summed E-state index contributed by atoms with van der Waals surface area (Å²) in [7, 11) is 1.68. The van der Waals surface area contributed by atoms with E-state index < -0.39 is 0 Å². The molecule has 7 heteroatoms. The van der Waals surface area contributed by atoms with Crippen LogP contribution < -0.4 is 5.32 Å². The molecule has 1 amide bonds. The average molecular weight is 425 g/mol. The molecule has 0 aliphatic carbocycles. The van der Waals surface area contributed by atoms with E-state index in [1.165, 1.54) is 22.9 Å². The van der Waals surface area contributed by atoms with Crippen LogP contribution >= 0.6 is 11.8 Å². The standard InChI is InChI=1S/C23H28N4O2S/c1-17-9-11-20(12-10-17)16-24-22(28)18(2)30-23-26-25-21(27(23)13-14-29-3)15-19-7-5-4-6-8-19/h4-12,18H,13-16H2,1-3H3,(H,24,28)/t18-/m1/s1. The topological polar surface area (TPSA) is 69.0 Å². The lowest BCUT2D eigenvalue weighted by atomic mass is 10.1. The maximum atomic E-state index is 12.6. The van der Waals surface area contributed by atoms with Crippen LogP contribution in [0.2, 0.25) is 0 Å². The van der Waals surface area contributed by atoms with Crippen LogP contribution in [0.15, 0.2) is 59.8 Å². The number of aryl methyl sites for hydroxylation is 1. The van der Waals surface area contributed by atoms with Crippen LogP contribution in [0.1, 0.15) is 29.4 Å². The Morgan fingerprint density at radius 1 is 1.10 bits per heavy atom. The molecule has 30 heavy (non-hydrogen) atoms. The van der Waals surface area contributed by atoms with Crippen molar-refractivity contribution in [2.75, 3.05) is 13.7 Å². The van der Waals surface area contributed by atoms with Crippen LogP contribution in [0.25, 0.3) is 0 Å². The number of aromatic nitrogens is 3. The minimum Gasteiger partial charge on any atom is -0.383 e. The molecule has 1 heterocycles. The van der Waals surface area contributed by atoms with Crippen LogP contribution in [0.5, 0.6) is 0 Å². The molecular formula is C23H28N4O2S. The molecular weight excluding hydrogens is 396 g/mol. The molecule has 2 aromatic carbocycles.